The van der Waals surface area contributed by atoms with Gasteiger partial charge in [-0.15, -0.1) is 0 Å². The molecule has 3 N–H and O–H groups in total. The van der Waals surface area contributed by atoms with Crippen LogP contribution in [0.3, 0.4) is 0 Å². The Hall–Kier alpha value is 0.344. The summed E-state index contributed by atoms with van der Waals surface area (Å²) in [5, 5.41) is 2.79. The Bertz CT molecular complexity index is 81.1. The van der Waals surface area contributed by atoms with Gasteiger partial charge in [-0.2, -0.15) is 0 Å². The van der Waals surface area contributed by atoms with Crippen LogP contribution in [0.25, 0.3) is 0 Å². The van der Waals surface area contributed by atoms with Crippen LogP contribution in [0.5, 0.6) is 0 Å². The molecule has 49 valence electrons. The van der Waals surface area contributed by atoms with E-state index in [0.717, 1.165) is 6.54 Å². The maximum absolute atomic E-state index is 5.15. The van der Waals surface area contributed by atoms with Gasteiger partial charge >= 0.3 is 0 Å². The first-order valence-corrected chi connectivity index (χ1v) is 2.47. The largest absolute Gasteiger partial charge is 0.494 e. The number of hydrogen-bond acceptors (Lipinski definition) is 2. The summed E-state index contributed by atoms with van der Waals surface area (Å²) in [7, 11) is 0. The molecule has 0 unspecified atom stereocenters. The molecule has 0 rings (SSSR count). The second-order valence-electron chi connectivity index (χ2n) is 1.22. The zero-order valence-corrected chi connectivity index (χ0v) is 8.14. The minimum absolute atomic E-state index is 0. The molecule has 9 heavy (non-hydrogen) atoms. The van der Waals surface area contributed by atoms with Gasteiger partial charge in [0.05, 0.1) is 0 Å². The van der Waals surface area contributed by atoms with Gasteiger partial charge in [0.15, 0.2) is 0 Å². The fraction of sp³-hybridized carbons (Fsp3) is 0.333. The predicted molar refractivity (Wildman–Crippen MR) is 33.7 cm³/mol. The normalized spacial score (nSPS) is 8.56. The Morgan fingerprint density at radius 1 is 1.67 bits per heavy atom. The Balaban J connectivity index is 0. The van der Waals surface area contributed by atoms with Crippen LogP contribution >= 0.6 is 0 Å². The molecule has 0 atom stereocenters. The van der Waals surface area contributed by atoms with Crippen molar-refractivity contribution in [3.63, 3.8) is 0 Å². The second-order valence-corrected chi connectivity index (χ2v) is 1.22. The van der Waals surface area contributed by atoms with Gasteiger partial charge in [-0.25, -0.2) is 0 Å². The topological polar surface area (TPSA) is 38.0 Å². The first kappa shape index (κ1) is 12.1. The van der Waals surface area contributed by atoms with Crippen LogP contribution in [-0.2, 0) is 32.7 Å². The van der Waals surface area contributed by atoms with Gasteiger partial charge in [0, 0.05) is 45.8 Å². The van der Waals surface area contributed by atoms with E-state index in [2.05, 4.69) is 11.5 Å². The Morgan fingerprint density at radius 3 is 2.78 bits per heavy atom. The zero-order chi connectivity index (χ0) is 6.24. The summed E-state index contributed by atoms with van der Waals surface area (Å²) < 4.78 is 0. The van der Waals surface area contributed by atoms with E-state index in [4.69, 9.17) is 12.3 Å². The molecule has 3 heteroatoms. The third kappa shape index (κ3) is 11.8. The molecule has 0 heterocycles. The number of nitrogens with two attached hydrogens (primary N) is 1. The van der Waals surface area contributed by atoms with Gasteiger partial charge in [-0.05, 0) is 0 Å². The van der Waals surface area contributed by atoms with Crippen molar-refractivity contribution in [1.29, 1.82) is 0 Å². The fourth-order valence-corrected chi connectivity index (χ4v) is 0.251. The van der Waals surface area contributed by atoms with Crippen molar-refractivity contribution in [3.05, 3.63) is 24.9 Å². The third-order valence-electron chi connectivity index (χ3n) is 0.551. The van der Waals surface area contributed by atoms with E-state index >= 15 is 0 Å². The van der Waals surface area contributed by atoms with Gasteiger partial charge in [0.25, 0.3) is 0 Å². The second kappa shape index (κ2) is 11.2. The summed E-state index contributed by atoms with van der Waals surface area (Å²) in [4.78, 5) is 0. The molecule has 0 bridgehead atoms. The SMILES string of the molecule is [CH-]=CC=[C-]NCCN.[Y]. The number of nitrogens with one attached hydrogen (secondary N) is 1. The molecule has 0 aliphatic rings. The van der Waals surface area contributed by atoms with Crippen LogP contribution in [0.4, 0.5) is 0 Å². The van der Waals surface area contributed by atoms with E-state index < -0.39 is 0 Å². The first-order valence-electron chi connectivity index (χ1n) is 2.47. The summed E-state index contributed by atoms with van der Waals surface area (Å²) in [6.07, 6.45) is 5.70. The molecule has 0 saturated heterocycles. The molecule has 0 saturated carbocycles. The molecular formula is C6H10N2Y-2. The quantitative estimate of drug-likeness (QED) is 0.285. The van der Waals surface area contributed by atoms with Crippen LogP contribution < -0.4 is 11.1 Å². The Labute approximate surface area is 81.5 Å². The summed E-state index contributed by atoms with van der Waals surface area (Å²) >= 11 is 0. The maximum atomic E-state index is 5.15. The molecule has 0 aliphatic heterocycles. The van der Waals surface area contributed by atoms with E-state index in [0.29, 0.717) is 6.54 Å². The average molecular weight is 199 g/mol. The fourth-order valence-electron chi connectivity index (χ4n) is 0.251. The smallest absolute Gasteiger partial charge is 0.00857 e. The van der Waals surface area contributed by atoms with Gasteiger partial charge in [0.1, 0.15) is 0 Å². The van der Waals surface area contributed by atoms with Crippen molar-refractivity contribution >= 4 is 0 Å². The summed E-state index contributed by atoms with van der Waals surface area (Å²) in [6.45, 7) is 6.35. The predicted octanol–water partition coefficient (Wildman–Crippen LogP) is -0.162. The van der Waals surface area contributed by atoms with E-state index in [-0.39, 0.29) is 32.7 Å². The van der Waals surface area contributed by atoms with Crippen molar-refractivity contribution in [3.8, 4) is 0 Å². The van der Waals surface area contributed by atoms with Crippen molar-refractivity contribution in [2.45, 2.75) is 0 Å². The van der Waals surface area contributed by atoms with Crippen LogP contribution in [0, 0.1) is 12.8 Å². The molecule has 0 aromatic heterocycles. The van der Waals surface area contributed by atoms with Crippen LogP contribution in [0.1, 0.15) is 0 Å². The van der Waals surface area contributed by atoms with Crippen molar-refractivity contribution in [2.75, 3.05) is 13.1 Å². The number of hydrogen-bond donors (Lipinski definition) is 2. The van der Waals surface area contributed by atoms with E-state index in [1.165, 1.54) is 6.08 Å². The van der Waals surface area contributed by atoms with Crippen LogP contribution in [0.15, 0.2) is 12.2 Å². The zero-order valence-electron chi connectivity index (χ0n) is 5.30. The summed E-state index contributed by atoms with van der Waals surface area (Å²) in [5.41, 5.74) is 5.15. The monoisotopic (exact) mass is 199 g/mol. The third-order valence-corrected chi connectivity index (χ3v) is 0.551. The molecule has 0 aliphatic carbocycles. The first-order chi connectivity index (χ1) is 3.91. The standard InChI is InChI=1S/C6H10N2.Y/c1-2-3-5-8-6-4-7;/h1-3,8H,4,6-7H2;/q-2;. The minimum Gasteiger partial charge on any atom is -0.494 e. The molecular weight excluding hydrogens is 189 g/mol. The summed E-state index contributed by atoms with van der Waals surface area (Å²) in [6, 6.07) is 0. The van der Waals surface area contributed by atoms with Gasteiger partial charge < -0.3 is 29.8 Å². The molecule has 2 nitrogen and oxygen atoms in total. The van der Waals surface area contributed by atoms with E-state index in [1.807, 2.05) is 0 Å². The van der Waals surface area contributed by atoms with Gasteiger partial charge in [-0.3, -0.25) is 6.20 Å². The van der Waals surface area contributed by atoms with Crippen molar-refractivity contribution in [1.82, 2.24) is 5.32 Å². The maximum Gasteiger partial charge on any atom is 0.00857 e. The summed E-state index contributed by atoms with van der Waals surface area (Å²) in [5.74, 6) is 0. The molecule has 0 aromatic carbocycles. The number of allylic oxidation sites excluding steroid dienone is 2. The Morgan fingerprint density at radius 2 is 2.33 bits per heavy atom. The minimum atomic E-state index is 0. The molecule has 0 spiro atoms. The Kier molecular flexibility index (Phi) is 15.0. The van der Waals surface area contributed by atoms with Crippen molar-refractivity contribution in [2.24, 2.45) is 5.73 Å². The van der Waals surface area contributed by atoms with E-state index in [9.17, 15) is 0 Å². The van der Waals surface area contributed by atoms with Gasteiger partial charge in [-0.1, -0.05) is 0 Å². The molecule has 0 fully saturated rings. The van der Waals surface area contributed by atoms with Crippen LogP contribution in [-0.4, -0.2) is 13.1 Å². The van der Waals surface area contributed by atoms with Gasteiger partial charge in [0.2, 0.25) is 0 Å². The van der Waals surface area contributed by atoms with Crippen molar-refractivity contribution < 1.29 is 32.7 Å². The molecule has 1 radical (unpaired) electrons. The molecule has 0 aromatic rings. The van der Waals surface area contributed by atoms with Crippen LogP contribution in [0.2, 0.25) is 0 Å². The average Bonchev–Trinajstić information content (AvgIpc) is 1.81. The molecule has 0 amide bonds. The number of rotatable bonds is 4. The van der Waals surface area contributed by atoms with E-state index in [1.54, 1.807) is 6.08 Å².